The van der Waals surface area contributed by atoms with Crippen molar-refractivity contribution in [2.75, 3.05) is 10.5 Å². The lowest BCUT2D eigenvalue weighted by Gasteiger charge is -2.07. The van der Waals surface area contributed by atoms with Crippen LogP contribution in [0.3, 0.4) is 0 Å². The molecule has 0 spiro atoms. The van der Waals surface area contributed by atoms with Crippen molar-refractivity contribution in [2.24, 2.45) is 0 Å². The summed E-state index contributed by atoms with van der Waals surface area (Å²) >= 11 is 0. The molecular weight excluding hydrogens is 260 g/mol. The number of carboxylic acid groups (broad SMARTS) is 1. The third kappa shape index (κ3) is 3.91. The number of aliphatic carboxylic acids is 1. The van der Waals surface area contributed by atoms with Crippen molar-refractivity contribution in [1.82, 2.24) is 15.2 Å². The van der Waals surface area contributed by atoms with Crippen LogP contribution in [0, 0.1) is 0 Å². The summed E-state index contributed by atoms with van der Waals surface area (Å²) in [6.07, 6.45) is 1.23. The predicted octanol–water partition coefficient (Wildman–Crippen LogP) is -0.177. The van der Waals surface area contributed by atoms with Crippen molar-refractivity contribution in [1.29, 1.82) is 0 Å². The molecule has 0 fully saturated rings. The Morgan fingerprint density at radius 3 is 2.33 bits per heavy atom. The van der Waals surface area contributed by atoms with E-state index in [-0.39, 0.29) is 5.95 Å². The maximum absolute atomic E-state index is 11.4. The fraction of sp³-hybridized carbons (Fsp3) is 0.556. The number of carbonyl (C=O) groups is 1. The summed E-state index contributed by atoms with van der Waals surface area (Å²) in [7, 11) is -3.99. The number of rotatable bonds is 6. The molecule has 0 bridgehead atoms. The SMILES string of the molecule is CCc1nnc(NS(=O)(=O)CC(=O)O)nc1CC. The van der Waals surface area contributed by atoms with Crippen molar-refractivity contribution < 1.29 is 18.3 Å². The lowest BCUT2D eigenvalue weighted by molar-refractivity contribution is -0.134. The molecule has 0 saturated heterocycles. The first-order chi connectivity index (χ1) is 8.38. The first kappa shape index (κ1) is 14.3. The minimum absolute atomic E-state index is 0.203. The van der Waals surface area contributed by atoms with E-state index in [1.807, 2.05) is 18.6 Å². The largest absolute Gasteiger partial charge is 0.480 e. The van der Waals surface area contributed by atoms with Crippen LogP contribution in [0.2, 0.25) is 0 Å². The molecule has 0 amide bonds. The number of carboxylic acids is 1. The average molecular weight is 274 g/mol. The molecule has 0 aromatic carbocycles. The van der Waals surface area contributed by atoms with Crippen LogP contribution in [0.5, 0.6) is 0 Å². The molecule has 1 aromatic heterocycles. The van der Waals surface area contributed by atoms with Crippen molar-refractivity contribution in [2.45, 2.75) is 26.7 Å². The molecule has 1 rings (SSSR count). The van der Waals surface area contributed by atoms with Gasteiger partial charge in [0.25, 0.3) is 5.95 Å². The molecule has 0 aliphatic carbocycles. The number of nitrogens with zero attached hydrogens (tertiary/aromatic N) is 3. The maximum atomic E-state index is 11.4. The van der Waals surface area contributed by atoms with Gasteiger partial charge in [0.05, 0.1) is 11.4 Å². The smallest absolute Gasteiger partial charge is 0.320 e. The fourth-order valence-electron chi connectivity index (χ4n) is 1.32. The summed E-state index contributed by atoms with van der Waals surface area (Å²) in [4.78, 5) is 14.4. The Kier molecular flexibility index (Phi) is 4.54. The number of hydrogen-bond acceptors (Lipinski definition) is 6. The van der Waals surface area contributed by atoms with Crippen LogP contribution >= 0.6 is 0 Å². The minimum atomic E-state index is -3.99. The Labute approximate surface area is 105 Å². The number of aryl methyl sites for hydroxylation is 2. The molecule has 0 atom stereocenters. The van der Waals surface area contributed by atoms with Gasteiger partial charge < -0.3 is 5.11 Å². The van der Waals surface area contributed by atoms with E-state index >= 15 is 0 Å². The van der Waals surface area contributed by atoms with Gasteiger partial charge in [-0.1, -0.05) is 13.8 Å². The van der Waals surface area contributed by atoms with E-state index in [9.17, 15) is 13.2 Å². The fourth-order valence-corrected chi connectivity index (χ4v) is 2.08. The van der Waals surface area contributed by atoms with Crippen molar-refractivity contribution in [3.8, 4) is 0 Å². The summed E-state index contributed by atoms with van der Waals surface area (Å²) in [5.74, 6) is -2.69. The van der Waals surface area contributed by atoms with E-state index in [1.54, 1.807) is 0 Å². The third-order valence-electron chi connectivity index (χ3n) is 2.07. The molecular formula is C9H14N4O4S. The zero-order valence-electron chi connectivity index (χ0n) is 10.0. The van der Waals surface area contributed by atoms with E-state index < -0.39 is 21.7 Å². The van der Waals surface area contributed by atoms with Gasteiger partial charge in [-0.2, -0.15) is 0 Å². The molecule has 0 radical (unpaired) electrons. The quantitative estimate of drug-likeness (QED) is 0.737. The minimum Gasteiger partial charge on any atom is -0.480 e. The average Bonchev–Trinajstić information content (AvgIpc) is 2.26. The summed E-state index contributed by atoms with van der Waals surface area (Å²) in [5.41, 5.74) is 1.33. The Morgan fingerprint density at radius 2 is 1.83 bits per heavy atom. The van der Waals surface area contributed by atoms with E-state index in [0.29, 0.717) is 24.2 Å². The standard InChI is InChI=1S/C9H14N4O4S/c1-3-6-7(4-2)11-12-9(10-6)13-18(16,17)5-8(14)15/h3-5H2,1-2H3,(H,14,15)(H,10,12,13). The second-order valence-corrected chi connectivity index (χ2v) is 5.21. The van der Waals surface area contributed by atoms with Crippen LogP contribution in [0.15, 0.2) is 0 Å². The lowest BCUT2D eigenvalue weighted by Crippen LogP contribution is -2.24. The van der Waals surface area contributed by atoms with Crippen molar-refractivity contribution in [3.05, 3.63) is 11.4 Å². The van der Waals surface area contributed by atoms with Crippen molar-refractivity contribution >= 4 is 21.9 Å². The Morgan fingerprint density at radius 1 is 1.22 bits per heavy atom. The maximum Gasteiger partial charge on any atom is 0.320 e. The first-order valence-electron chi connectivity index (χ1n) is 5.32. The molecule has 1 aromatic rings. The van der Waals surface area contributed by atoms with Gasteiger partial charge in [-0.05, 0) is 12.8 Å². The normalized spacial score (nSPS) is 11.2. The number of sulfonamides is 1. The summed E-state index contributed by atoms with van der Waals surface area (Å²) in [6, 6.07) is 0. The predicted molar refractivity (Wildman–Crippen MR) is 63.6 cm³/mol. The third-order valence-corrected chi connectivity index (χ3v) is 3.19. The zero-order valence-corrected chi connectivity index (χ0v) is 10.9. The van der Waals surface area contributed by atoms with Gasteiger partial charge in [-0.3, -0.25) is 4.79 Å². The van der Waals surface area contributed by atoms with Crippen LogP contribution in [-0.4, -0.2) is 40.4 Å². The highest BCUT2D eigenvalue weighted by molar-refractivity contribution is 7.93. The second kappa shape index (κ2) is 5.71. The van der Waals surface area contributed by atoms with Gasteiger partial charge in [0.15, 0.2) is 5.75 Å². The van der Waals surface area contributed by atoms with Gasteiger partial charge in [-0.25, -0.2) is 18.1 Å². The van der Waals surface area contributed by atoms with E-state index in [0.717, 1.165) is 0 Å². The monoisotopic (exact) mass is 274 g/mol. The summed E-state index contributed by atoms with van der Waals surface area (Å²) < 4.78 is 24.7. The van der Waals surface area contributed by atoms with Gasteiger partial charge in [0.2, 0.25) is 10.0 Å². The van der Waals surface area contributed by atoms with Gasteiger partial charge in [0, 0.05) is 0 Å². The van der Waals surface area contributed by atoms with Crippen LogP contribution < -0.4 is 4.72 Å². The first-order valence-corrected chi connectivity index (χ1v) is 6.98. The zero-order chi connectivity index (χ0) is 13.8. The molecule has 100 valence electrons. The molecule has 0 aliphatic heterocycles. The second-order valence-electron chi connectivity index (χ2n) is 3.49. The summed E-state index contributed by atoms with van der Waals surface area (Å²) in [5, 5.41) is 15.9. The van der Waals surface area contributed by atoms with Crippen molar-refractivity contribution in [3.63, 3.8) is 0 Å². The van der Waals surface area contributed by atoms with E-state index in [1.165, 1.54) is 0 Å². The van der Waals surface area contributed by atoms with E-state index in [4.69, 9.17) is 5.11 Å². The molecule has 1 heterocycles. The van der Waals surface area contributed by atoms with Crippen LogP contribution in [-0.2, 0) is 27.7 Å². The van der Waals surface area contributed by atoms with Crippen LogP contribution in [0.4, 0.5) is 5.95 Å². The van der Waals surface area contributed by atoms with Crippen LogP contribution in [0.1, 0.15) is 25.2 Å². The van der Waals surface area contributed by atoms with Gasteiger partial charge in [-0.15, -0.1) is 10.2 Å². The summed E-state index contributed by atoms with van der Waals surface area (Å²) in [6.45, 7) is 3.75. The highest BCUT2D eigenvalue weighted by Crippen LogP contribution is 2.08. The molecule has 0 saturated carbocycles. The lowest BCUT2D eigenvalue weighted by atomic mass is 10.2. The number of hydrogen-bond donors (Lipinski definition) is 2. The van der Waals surface area contributed by atoms with E-state index in [2.05, 4.69) is 15.2 Å². The molecule has 18 heavy (non-hydrogen) atoms. The Balaban J connectivity index is 2.95. The number of nitrogens with one attached hydrogen (secondary N) is 1. The molecule has 0 aliphatic rings. The highest BCUT2D eigenvalue weighted by atomic mass is 32.2. The highest BCUT2D eigenvalue weighted by Gasteiger charge is 2.17. The van der Waals surface area contributed by atoms with Gasteiger partial charge in [0.1, 0.15) is 0 Å². The molecule has 8 nitrogen and oxygen atoms in total. The molecule has 0 unspecified atom stereocenters. The Bertz CT molecular complexity index is 543. The Hall–Kier alpha value is -1.77. The van der Waals surface area contributed by atoms with Crippen LogP contribution in [0.25, 0.3) is 0 Å². The topological polar surface area (TPSA) is 122 Å². The molecule has 9 heteroatoms. The van der Waals surface area contributed by atoms with Gasteiger partial charge >= 0.3 is 5.97 Å². The number of aromatic nitrogens is 3. The number of anilines is 1. The molecule has 2 N–H and O–H groups in total.